The van der Waals surface area contributed by atoms with Gasteiger partial charge in [0.2, 0.25) is 11.8 Å². The van der Waals surface area contributed by atoms with Gasteiger partial charge in [-0.1, -0.05) is 0 Å². The molecule has 9 heteroatoms. The highest BCUT2D eigenvalue weighted by molar-refractivity contribution is 7.14. The summed E-state index contributed by atoms with van der Waals surface area (Å²) in [6.45, 7) is 1.94. The zero-order valence-electron chi connectivity index (χ0n) is 14.6. The van der Waals surface area contributed by atoms with E-state index in [1.807, 2.05) is 13.0 Å². The summed E-state index contributed by atoms with van der Waals surface area (Å²) in [5.41, 5.74) is 1.17. The fourth-order valence-electron chi connectivity index (χ4n) is 2.50. The van der Waals surface area contributed by atoms with E-state index in [1.54, 1.807) is 30.3 Å². The van der Waals surface area contributed by atoms with E-state index in [9.17, 15) is 19.2 Å². The minimum Gasteiger partial charge on any atom is -0.329 e. The minimum atomic E-state index is -0.478. The first-order valence-corrected chi connectivity index (χ1v) is 9.10. The Morgan fingerprint density at radius 1 is 1.07 bits per heavy atom. The van der Waals surface area contributed by atoms with Gasteiger partial charge >= 0.3 is 6.03 Å². The number of carbonyl (C=O) groups is 4. The summed E-state index contributed by atoms with van der Waals surface area (Å²) >= 11 is 1.42. The number of benzene rings is 1. The van der Waals surface area contributed by atoms with Gasteiger partial charge in [0, 0.05) is 29.2 Å². The lowest BCUT2D eigenvalue weighted by molar-refractivity contribution is -0.125. The fourth-order valence-corrected chi connectivity index (χ4v) is 3.27. The van der Waals surface area contributed by atoms with Crippen molar-refractivity contribution in [3.63, 3.8) is 0 Å². The van der Waals surface area contributed by atoms with Gasteiger partial charge in [0.15, 0.2) is 0 Å². The molecule has 3 rings (SSSR count). The molecule has 2 aromatic rings. The van der Waals surface area contributed by atoms with Crippen LogP contribution in [0.2, 0.25) is 0 Å². The van der Waals surface area contributed by atoms with Crippen LogP contribution in [0.1, 0.15) is 21.0 Å². The number of hydrogen-bond donors (Lipinski definition) is 3. The van der Waals surface area contributed by atoms with Crippen molar-refractivity contribution in [3.05, 3.63) is 46.2 Å². The van der Waals surface area contributed by atoms with Crippen molar-refractivity contribution in [1.29, 1.82) is 0 Å². The molecule has 0 unspecified atom stereocenters. The molecule has 1 aliphatic heterocycles. The highest BCUT2D eigenvalue weighted by atomic mass is 32.1. The average Bonchev–Trinajstić information content (AvgIpc) is 3.21. The Labute approximate surface area is 159 Å². The lowest BCUT2D eigenvalue weighted by Crippen LogP contribution is -2.33. The van der Waals surface area contributed by atoms with Crippen LogP contribution in [0.25, 0.3) is 0 Å². The van der Waals surface area contributed by atoms with Crippen molar-refractivity contribution in [1.82, 2.24) is 10.2 Å². The van der Waals surface area contributed by atoms with Crippen LogP contribution < -0.4 is 16.0 Å². The van der Waals surface area contributed by atoms with Crippen LogP contribution >= 0.6 is 11.3 Å². The largest absolute Gasteiger partial charge is 0.329 e. The molecule has 1 aromatic carbocycles. The van der Waals surface area contributed by atoms with Gasteiger partial charge in [-0.2, -0.15) is 0 Å². The van der Waals surface area contributed by atoms with E-state index in [-0.39, 0.29) is 37.2 Å². The second-order valence-corrected chi connectivity index (χ2v) is 7.23. The standard InChI is InChI=1S/C18H18N4O4S/c1-11-2-7-14(27-11)17(25)21-13-5-3-12(4-6-13)20-15(23)8-9-22-16(24)10-19-18(22)26/h2-7H,8-10H2,1H3,(H,19,26)(H,20,23)(H,21,25). The Hall–Kier alpha value is -3.20. The molecule has 1 fully saturated rings. The van der Waals surface area contributed by atoms with Crippen LogP contribution in [0, 0.1) is 6.92 Å². The average molecular weight is 386 g/mol. The van der Waals surface area contributed by atoms with E-state index in [2.05, 4.69) is 16.0 Å². The first-order chi connectivity index (χ1) is 12.9. The second kappa shape index (κ2) is 8.00. The maximum Gasteiger partial charge on any atom is 0.324 e. The van der Waals surface area contributed by atoms with E-state index >= 15 is 0 Å². The Bertz CT molecular complexity index is 875. The molecule has 8 nitrogen and oxygen atoms in total. The number of thiophene rings is 1. The fraction of sp³-hybridized carbons (Fsp3) is 0.222. The molecular weight excluding hydrogens is 368 g/mol. The van der Waals surface area contributed by atoms with Crippen molar-refractivity contribution in [3.8, 4) is 0 Å². The summed E-state index contributed by atoms with van der Waals surface area (Å²) in [6.07, 6.45) is 0.00930. The molecule has 1 aromatic heterocycles. The van der Waals surface area contributed by atoms with Gasteiger partial charge in [0.25, 0.3) is 5.91 Å². The van der Waals surface area contributed by atoms with Gasteiger partial charge in [-0.3, -0.25) is 19.3 Å². The zero-order valence-corrected chi connectivity index (χ0v) is 15.4. The molecule has 1 saturated heterocycles. The lowest BCUT2D eigenvalue weighted by atomic mass is 10.2. The molecule has 0 saturated carbocycles. The van der Waals surface area contributed by atoms with E-state index in [1.165, 1.54) is 11.3 Å². The summed E-state index contributed by atoms with van der Waals surface area (Å²) in [4.78, 5) is 49.7. The first-order valence-electron chi connectivity index (χ1n) is 8.28. The van der Waals surface area contributed by atoms with Gasteiger partial charge in [-0.05, 0) is 43.3 Å². The van der Waals surface area contributed by atoms with Crippen molar-refractivity contribution in [2.24, 2.45) is 0 Å². The third-order valence-corrected chi connectivity index (χ3v) is 4.89. The third kappa shape index (κ3) is 4.70. The summed E-state index contributed by atoms with van der Waals surface area (Å²) in [6, 6.07) is 9.89. The molecule has 3 N–H and O–H groups in total. The Morgan fingerprint density at radius 3 is 2.30 bits per heavy atom. The maximum atomic E-state index is 12.1. The molecule has 1 aliphatic rings. The van der Waals surface area contributed by atoms with Gasteiger partial charge in [-0.25, -0.2) is 4.79 Å². The van der Waals surface area contributed by atoms with Crippen LogP contribution in [-0.4, -0.2) is 41.7 Å². The van der Waals surface area contributed by atoms with Crippen LogP contribution in [0.3, 0.4) is 0 Å². The molecule has 2 heterocycles. The molecule has 0 radical (unpaired) electrons. The number of amides is 5. The van der Waals surface area contributed by atoms with E-state index in [0.29, 0.717) is 16.3 Å². The topological polar surface area (TPSA) is 108 Å². The molecule has 5 amide bonds. The number of carbonyl (C=O) groups excluding carboxylic acids is 4. The number of urea groups is 1. The number of hydrogen-bond acceptors (Lipinski definition) is 5. The summed E-state index contributed by atoms with van der Waals surface area (Å²) in [7, 11) is 0. The van der Waals surface area contributed by atoms with Crippen molar-refractivity contribution in [2.75, 3.05) is 23.7 Å². The summed E-state index contributed by atoms with van der Waals surface area (Å²) in [5.74, 6) is -0.833. The number of nitrogens with zero attached hydrogens (tertiary/aromatic N) is 1. The van der Waals surface area contributed by atoms with Gasteiger partial charge in [0.05, 0.1) is 11.4 Å². The van der Waals surface area contributed by atoms with Crippen molar-refractivity contribution in [2.45, 2.75) is 13.3 Å². The molecule has 0 bridgehead atoms. The number of anilines is 2. The lowest BCUT2D eigenvalue weighted by Gasteiger charge is -2.12. The maximum absolute atomic E-state index is 12.1. The van der Waals surface area contributed by atoms with Crippen molar-refractivity contribution >= 4 is 46.5 Å². The predicted molar refractivity (Wildman–Crippen MR) is 102 cm³/mol. The highest BCUT2D eigenvalue weighted by Crippen LogP contribution is 2.19. The zero-order chi connectivity index (χ0) is 19.4. The number of nitrogens with one attached hydrogen (secondary N) is 3. The van der Waals surface area contributed by atoms with Crippen LogP contribution in [0.5, 0.6) is 0 Å². The minimum absolute atomic E-state index is 0.00930. The van der Waals surface area contributed by atoms with Gasteiger partial charge in [0.1, 0.15) is 0 Å². The van der Waals surface area contributed by atoms with Gasteiger partial charge < -0.3 is 16.0 Å². The van der Waals surface area contributed by atoms with Crippen LogP contribution in [-0.2, 0) is 9.59 Å². The highest BCUT2D eigenvalue weighted by Gasteiger charge is 2.28. The quantitative estimate of drug-likeness (QED) is 0.662. The Balaban J connectivity index is 1.49. The monoisotopic (exact) mass is 386 g/mol. The molecule has 140 valence electrons. The Kier molecular flexibility index (Phi) is 5.51. The smallest absolute Gasteiger partial charge is 0.324 e. The second-order valence-electron chi connectivity index (χ2n) is 5.94. The number of rotatable bonds is 6. The first kappa shape index (κ1) is 18.6. The molecule has 0 atom stereocenters. The predicted octanol–water partition coefficient (Wildman–Crippen LogP) is 2.19. The van der Waals surface area contributed by atoms with Crippen LogP contribution in [0.4, 0.5) is 16.2 Å². The molecule has 0 spiro atoms. The van der Waals surface area contributed by atoms with Crippen LogP contribution in [0.15, 0.2) is 36.4 Å². The Morgan fingerprint density at radius 2 is 1.74 bits per heavy atom. The van der Waals surface area contributed by atoms with E-state index in [4.69, 9.17) is 0 Å². The normalized spacial score (nSPS) is 13.4. The number of imide groups is 1. The summed E-state index contributed by atoms with van der Waals surface area (Å²) < 4.78 is 0. The van der Waals surface area contributed by atoms with Gasteiger partial charge in [-0.15, -0.1) is 11.3 Å². The summed E-state index contributed by atoms with van der Waals surface area (Å²) in [5, 5.41) is 7.89. The number of aryl methyl sites for hydroxylation is 1. The van der Waals surface area contributed by atoms with E-state index in [0.717, 1.165) is 9.78 Å². The molecule has 0 aliphatic carbocycles. The van der Waals surface area contributed by atoms with Crippen molar-refractivity contribution < 1.29 is 19.2 Å². The third-order valence-electron chi connectivity index (χ3n) is 3.89. The SMILES string of the molecule is Cc1ccc(C(=O)Nc2ccc(NC(=O)CCN3C(=O)CNC3=O)cc2)s1. The molecular formula is C18H18N4O4S. The molecule has 27 heavy (non-hydrogen) atoms. The van der Waals surface area contributed by atoms with E-state index < -0.39 is 6.03 Å².